The summed E-state index contributed by atoms with van der Waals surface area (Å²) >= 11 is 0. The lowest BCUT2D eigenvalue weighted by Gasteiger charge is -2.29. The Hall–Kier alpha value is -0.610. The van der Waals surface area contributed by atoms with E-state index in [2.05, 4.69) is 12.2 Å². The normalized spacial score (nSPS) is 33.8. The van der Waals surface area contributed by atoms with Crippen LogP contribution in [0.3, 0.4) is 0 Å². The van der Waals surface area contributed by atoms with E-state index in [0.717, 1.165) is 32.5 Å². The van der Waals surface area contributed by atoms with Crippen molar-refractivity contribution in [1.29, 1.82) is 0 Å². The van der Waals surface area contributed by atoms with Crippen LogP contribution in [0.4, 0.5) is 0 Å². The van der Waals surface area contributed by atoms with Crippen molar-refractivity contribution in [2.24, 2.45) is 0 Å². The van der Waals surface area contributed by atoms with Gasteiger partial charge in [-0.05, 0) is 19.8 Å². The van der Waals surface area contributed by atoms with E-state index in [4.69, 9.17) is 4.74 Å². The topological polar surface area (TPSA) is 41.6 Å². The number of nitrogens with zero attached hydrogens (tertiary/aromatic N) is 1. The van der Waals surface area contributed by atoms with E-state index in [1.165, 1.54) is 0 Å². The standard InChI is InChI=1S/C10H18N2O2/c1-8-2-3-9(14-8)7-12-5-4-11-6-10(12)13/h8-9,11H,2-7H2,1H3. The molecule has 2 fully saturated rings. The maximum atomic E-state index is 11.5. The second kappa shape index (κ2) is 4.28. The van der Waals surface area contributed by atoms with Gasteiger partial charge in [-0.15, -0.1) is 0 Å². The highest BCUT2D eigenvalue weighted by Gasteiger charge is 2.26. The molecule has 1 amide bonds. The van der Waals surface area contributed by atoms with E-state index in [-0.39, 0.29) is 12.0 Å². The van der Waals surface area contributed by atoms with Crippen molar-refractivity contribution >= 4 is 5.91 Å². The van der Waals surface area contributed by atoms with Gasteiger partial charge in [-0.2, -0.15) is 0 Å². The van der Waals surface area contributed by atoms with Crippen molar-refractivity contribution in [3.8, 4) is 0 Å². The maximum Gasteiger partial charge on any atom is 0.236 e. The van der Waals surface area contributed by atoms with Crippen molar-refractivity contribution < 1.29 is 9.53 Å². The van der Waals surface area contributed by atoms with Crippen molar-refractivity contribution in [2.45, 2.75) is 32.0 Å². The lowest BCUT2D eigenvalue weighted by atomic mass is 10.2. The third-order valence-corrected chi connectivity index (χ3v) is 2.93. The molecule has 4 nitrogen and oxygen atoms in total. The zero-order valence-corrected chi connectivity index (χ0v) is 8.66. The number of hydrogen-bond acceptors (Lipinski definition) is 3. The molecule has 2 saturated heterocycles. The minimum Gasteiger partial charge on any atom is -0.373 e. The van der Waals surface area contributed by atoms with E-state index >= 15 is 0 Å². The van der Waals surface area contributed by atoms with E-state index in [0.29, 0.717) is 12.6 Å². The Kier molecular flexibility index (Phi) is 3.03. The fraction of sp³-hybridized carbons (Fsp3) is 0.900. The number of rotatable bonds is 2. The minimum absolute atomic E-state index is 0.208. The second-order valence-electron chi connectivity index (χ2n) is 4.16. The van der Waals surface area contributed by atoms with Gasteiger partial charge < -0.3 is 15.0 Å². The molecule has 2 heterocycles. The first-order valence-corrected chi connectivity index (χ1v) is 5.39. The monoisotopic (exact) mass is 198 g/mol. The van der Waals surface area contributed by atoms with Crippen LogP contribution >= 0.6 is 0 Å². The number of hydrogen-bond donors (Lipinski definition) is 1. The fourth-order valence-corrected chi connectivity index (χ4v) is 2.10. The molecule has 2 rings (SSSR count). The number of nitrogens with one attached hydrogen (secondary N) is 1. The van der Waals surface area contributed by atoms with E-state index in [1.54, 1.807) is 0 Å². The average Bonchev–Trinajstić information content (AvgIpc) is 2.56. The third kappa shape index (κ3) is 2.25. The highest BCUT2D eigenvalue weighted by atomic mass is 16.5. The Morgan fingerprint density at radius 3 is 3.07 bits per heavy atom. The van der Waals surface area contributed by atoms with E-state index in [1.807, 2.05) is 4.90 Å². The van der Waals surface area contributed by atoms with Crippen LogP contribution in [0.5, 0.6) is 0 Å². The van der Waals surface area contributed by atoms with E-state index in [9.17, 15) is 4.79 Å². The highest BCUT2D eigenvalue weighted by Crippen LogP contribution is 2.19. The summed E-state index contributed by atoms with van der Waals surface area (Å²) in [6, 6.07) is 0. The largest absolute Gasteiger partial charge is 0.373 e. The first-order valence-electron chi connectivity index (χ1n) is 5.39. The summed E-state index contributed by atoms with van der Waals surface area (Å²) in [6.07, 6.45) is 2.87. The SMILES string of the molecule is CC1CCC(CN2CCNCC2=O)O1. The molecule has 0 bridgehead atoms. The van der Waals surface area contributed by atoms with Crippen molar-refractivity contribution in [3.63, 3.8) is 0 Å². The number of amides is 1. The third-order valence-electron chi connectivity index (χ3n) is 2.93. The Labute approximate surface area is 84.6 Å². The van der Waals surface area contributed by atoms with Gasteiger partial charge in [-0.3, -0.25) is 4.79 Å². The maximum absolute atomic E-state index is 11.5. The van der Waals surface area contributed by atoms with Crippen LogP contribution in [0.15, 0.2) is 0 Å². The molecule has 2 aliphatic heterocycles. The predicted octanol–water partition coefficient (Wildman–Crippen LogP) is -0.0143. The summed E-state index contributed by atoms with van der Waals surface area (Å²) in [5, 5.41) is 3.07. The smallest absolute Gasteiger partial charge is 0.236 e. The number of carbonyl (C=O) groups is 1. The summed E-state index contributed by atoms with van der Waals surface area (Å²) in [4.78, 5) is 13.4. The summed E-state index contributed by atoms with van der Waals surface area (Å²) in [6.45, 7) is 5.10. The van der Waals surface area contributed by atoms with Gasteiger partial charge >= 0.3 is 0 Å². The van der Waals surface area contributed by atoms with Gasteiger partial charge in [-0.1, -0.05) is 0 Å². The van der Waals surface area contributed by atoms with Crippen LogP contribution in [0, 0.1) is 0 Å². The summed E-state index contributed by atoms with van der Waals surface area (Å²) in [5.74, 6) is 0.208. The molecule has 0 saturated carbocycles. The molecule has 80 valence electrons. The first-order chi connectivity index (χ1) is 6.75. The Morgan fingerprint density at radius 1 is 1.57 bits per heavy atom. The van der Waals surface area contributed by atoms with Crippen molar-refractivity contribution in [3.05, 3.63) is 0 Å². The van der Waals surface area contributed by atoms with Gasteiger partial charge in [0.1, 0.15) is 0 Å². The summed E-state index contributed by atoms with van der Waals surface area (Å²) in [5.41, 5.74) is 0. The zero-order chi connectivity index (χ0) is 9.97. The van der Waals surface area contributed by atoms with Gasteiger partial charge in [0.05, 0.1) is 18.8 Å². The molecule has 0 aromatic carbocycles. The van der Waals surface area contributed by atoms with Crippen LogP contribution in [0.25, 0.3) is 0 Å². The second-order valence-corrected chi connectivity index (χ2v) is 4.16. The van der Waals surface area contributed by atoms with Crippen LogP contribution in [0.1, 0.15) is 19.8 Å². The molecule has 1 N–H and O–H groups in total. The number of carbonyl (C=O) groups excluding carboxylic acids is 1. The Bertz CT molecular complexity index is 220. The quantitative estimate of drug-likeness (QED) is 0.678. The molecule has 0 radical (unpaired) electrons. The molecular formula is C10H18N2O2. The lowest BCUT2D eigenvalue weighted by Crippen LogP contribution is -2.50. The molecular weight excluding hydrogens is 180 g/mol. The number of piperazine rings is 1. The molecule has 0 spiro atoms. The zero-order valence-electron chi connectivity index (χ0n) is 8.66. The summed E-state index contributed by atoms with van der Waals surface area (Å²) < 4.78 is 5.70. The molecule has 2 aliphatic rings. The fourth-order valence-electron chi connectivity index (χ4n) is 2.10. The minimum atomic E-state index is 0.208. The first kappa shape index (κ1) is 9.93. The van der Waals surface area contributed by atoms with Crippen LogP contribution in [0.2, 0.25) is 0 Å². The molecule has 4 heteroatoms. The van der Waals surface area contributed by atoms with Gasteiger partial charge in [-0.25, -0.2) is 0 Å². The Morgan fingerprint density at radius 2 is 2.43 bits per heavy atom. The Balaban J connectivity index is 1.81. The van der Waals surface area contributed by atoms with Crippen molar-refractivity contribution in [2.75, 3.05) is 26.2 Å². The van der Waals surface area contributed by atoms with Gasteiger partial charge in [0.2, 0.25) is 5.91 Å². The molecule has 2 unspecified atom stereocenters. The predicted molar refractivity (Wildman–Crippen MR) is 53.0 cm³/mol. The van der Waals surface area contributed by atoms with Crippen LogP contribution in [-0.4, -0.2) is 49.2 Å². The molecule has 14 heavy (non-hydrogen) atoms. The molecule has 0 aromatic rings. The van der Waals surface area contributed by atoms with Gasteiger partial charge in [0.25, 0.3) is 0 Å². The van der Waals surface area contributed by atoms with Gasteiger partial charge in [0.15, 0.2) is 0 Å². The number of ether oxygens (including phenoxy) is 1. The highest BCUT2D eigenvalue weighted by molar-refractivity contribution is 5.79. The molecule has 0 aliphatic carbocycles. The lowest BCUT2D eigenvalue weighted by molar-refractivity contribution is -0.133. The average molecular weight is 198 g/mol. The molecule has 0 aromatic heterocycles. The van der Waals surface area contributed by atoms with E-state index < -0.39 is 0 Å². The summed E-state index contributed by atoms with van der Waals surface area (Å²) in [7, 11) is 0. The van der Waals surface area contributed by atoms with Crippen LogP contribution in [-0.2, 0) is 9.53 Å². The van der Waals surface area contributed by atoms with Crippen LogP contribution < -0.4 is 5.32 Å². The van der Waals surface area contributed by atoms with Crippen molar-refractivity contribution in [1.82, 2.24) is 10.2 Å². The molecule has 2 atom stereocenters. The van der Waals surface area contributed by atoms with Gasteiger partial charge in [0, 0.05) is 19.6 Å².